The number of nitrogens with one attached hydrogen (secondary N) is 2. The van der Waals surface area contributed by atoms with Crippen LogP contribution in [0.4, 0.5) is 0 Å². The van der Waals surface area contributed by atoms with Gasteiger partial charge in [0.05, 0.1) is 30.6 Å². The van der Waals surface area contributed by atoms with Crippen LogP contribution in [0.1, 0.15) is 16.1 Å². The summed E-state index contributed by atoms with van der Waals surface area (Å²) in [6.07, 6.45) is 1.46. The first-order valence-corrected chi connectivity index (χ1v) is 8.99. The second-order valence-corrected chi connectivity index (χ2v) is 6.40. The van der Waals surface area contributed by atoms with Crippen LogP contribution in [0.5, 0.6) is 5.75 Å². The lowest BCUT2D eigenvalue weighted by molar-refractivity contribution is 0.0952. The summed E-state index contributed by atoms with van der Waals surface area (Å²) in [4.78, 5) is 35.8. The summed E-state index contributed by atoms with van der Waals surface area (Å²) >= 11 is 0. The molecule has 7 heteroatoms. The van der Waals surface area contributed by atoms with Gasteiger partial charge in [-0.25, -0.2) is 9.97 Å². The van der Waals surface area contributed by atoms with Gasteiger partial charge in [-0.2, -0.15) is 0 Å². The van der Waals surface area contributed by atoms with E-state index in [2.05, 4.69) is 20.3 Å². The fourth-order valence-corrected chi connectivity index (χ4v) is 3.07. The van der Waals surface area contributed by atoms with E-state index in [1.165, 1.54) is 12.4 Å². The lowest BCUT2D eigenvalue weighted by Crippen LogP contribution is -2.25. The van der Waals surface area contributed by atoms with Gasteiger partial charge >= 0.3 is 0 Å². The van der Waals surface area contributed by atoms with Gasteiger partial charge in [-0.05, 0) is 36.4 Å². The third-order valence-electron chi connectivity index (χ3n) is 4.53. The number of methoxy groups -OCH3 is 1. The van der Waals surface area contributed by atoms with Gasteiger partial charge in [-0.1, -0.05) is 18.2 Å². The van der Waals surface area contributed by atoms with E-state index in [1.54, 1.807) is 19.2 Å². The van der Waals surface area contributed by atoms with Crippen LogP contribution >= 0.6 is 0 Å². The van der Waals surface area contributed by atoms with Crippen molar-refractivity contribution in [2.24, 2.45) is 0 Å². The number of nitrogens with zero attached hydrogens (tertiary/aromatic N) is 2. The topological polar surface area (TPSA) is 97.0 Å². The smallest absolute Gasteiger partial charge is 0.252 e. The summed E-state index contributed by atoms with van der Waals surface area (Å²) in [5, 5.41) is 3.52. The predicted octanol–water partition coefficient (Wildman–Crippen LogP) is 2.92. The number of aromatic nitrogens is 3. The molecular formula is C22H18N4O3. The van der Waals surface area contributed by atoms with E-state index in [1.807, 2.05) is 42.5 Å². The Bertz CT molecular complexity index is 1230. The van der Waals surface area contributed by atoms with Crippen molar-refractivity contribution < 1.29 is 9.53 Å². The van der Waals surface area contributed by atoms with Gasteiger partial charge in [0.1, 0.15) is 12.1 Å². The molecule has 144 valence electrons. The molecule has 0 radical (unpaired) electrons. The van der Waals surface area contributed by atoms with Crippen molar-refractivity contribution in [3.8, 4) is 17.0 Å². The average molecular weight is 386 g/mol. The van der Waals surface area contributed by atoms with Crippen LogP contribution in [0.3, 0.4) is 0 Å². The van der Waals surface area contributed by atoms with Gasteiger partial charge in [0, 0.05) is 22.5 Å². The Kier molecular flexibility index (Phi) is 5.03. The Morgan fingerprint density at radius 2 is 1.86 bits per heavy atom. The molecule has 4 aromatic rings. The molecule has 2 aromatic carbocycles. The third-order valence-corrected chi connectivity index (χ3v) is 4.53. The van der Waals surface area contributed by atoms with E-state index >= 15 is 0 Å². The number of amides is 1. The number of rotatable bonds is 5. The maximum absolute atomic E-state index is 12.7. The molecule has 0 saturated carbocycles. The highest BCUT2D eigenvalue weighted by Crippen LogP contribution is 2.21. The quantitative estimate of drug-likeness (QED) is 0.550. The van der Waals surface area contributed by atoms with Crippen LogP contribution in [0.15, 0.2) is 71.8 Å². The van der Waals surface area contributed by atoms with Gasteiger partial charge in [-0.15, -0.1) is 0 Å². The second kappa shape index (κ2) is 7.93. The number of H-pyrrole nitrogens is 1. The van der Waals surface area contributed by atoms with Crippen LogP contribution in [-0.4, -0.2) is 28.0 Å². The third kappa shape index (κ3) is 3.98. The van der Waals surface area contributed by atoms with E-state index < -0.39 is 0 Å². The first-order chi connectivity index (χ1) is 14.1. The molecule has 0 saturated heterocycles. The molecule has 1 amide bonds. The Balaban J connectivity index is 1.54. The van der Waals surface area contributed by atoms with Gasteiger partial charge in [0.2, 0.25) is 5.56 Å². The molecule has 4 rings (SSSR count). The zero-order valence-corrected chi connectivity index (χ0v) is 15.7. The van der Waals surface area contributed by atoms with Crippen LogP contribution in [0, 0.1) is 0 Å². The van der Waals surface area contributed by atoms with Crippen LogP contribution in [-0.2, 0) is 6.54 Å². The number of benzene rings is 2. The monoisotopic (exact) mass is 386 g/mol. The van der Waals surface area contributed by atoms with Crippen molar-refractivity contribution in [2.75, 3.05) is 7.11 Å². The number of hydrogen-bond donors (Lipinski definition) is 2. The molecule has 2 aromatic heterocycles. The Morgan fingerprint density at radius 3 is 2.66 bits per heavy atom. The SMILES string of the molecule is COc1ccc(-c2cc(CNC(=O)c3cc(=O)[nH]c4ccccc34)ncn2)cc1. The fourth-order valence-electron chi connectivity index (χ4n) is 3.07. The summed E-state index contributed by atoms with van der Waals surface area (Å²) in [7, 11) is 1.62. The molecule has 2 heterocycles. The standard InChI is InChI=1S/C22H18N4O3/c1-29-16-8-6-14(7-9-16)20-10-15(24-13-25-20)12-23-22(28)18-11-21(27)26-19-5-3-2-4-17(18)19/h2-11,13H,12H2,1H3,(H,23,28)(H,26,27). The highest BCUT2D eigenvalue weighted by Gasteiger charge is 2.12. The molecule has 0 aliphatic carbocycles. The molecular weight excluding hydrogens is 368 g/mol. The maximum Gasteiger partial charge on any atom is 0.252 e. The normalized spacial score (nSPS) is 10.7. The molecule has 0 atom stereocenters. The van der Waals surface area contributed by atoms with Crippen molar-refractivity contribution in [3.63, 3.8) is 0 Å². The summed E-state index contributed by atoms with van der Waals surface area (Å²) < 4.78 is 5.17. The van der Waals surface area contributed by atoms with E-state index in [0.717, 1.165) is 17.0 Å². The first-order valence-electron chi connectivity index (χ1n) is 8.99. The summed E-state index contributed by atoms with van der Waals surface area (Å²) in [6, 6.07) is 17.8. The minimum absolute atomic E-state index is 0.214. The molecule has 0 unspecified atom stereocenters. The van der Waals surface area contributed by atoms with Crippen molar-refractivity contribution in [1.29, 1.82) is 0 Å². The van der Waals surface area contributed by atoms with Gasteiger partial charge < -0.3 is 15.0 Å². The number of pyridine rings is 1. The maximum atomic E-state index is 12.7. The molecule has 2 N–H and O–H groups in total. The van der Waals surface area contributed by atoms with E-state index in [0.29, 0.717) is 22.2 Å². The number of ether oxygens (including phenoxy) is 1. The van der Waals surface area contributed by atoms with E-state index in [-0.39, 0.29) is 18.0 Å². The second-order valence-electron chi connectivity index (χ2n) is 6.40. The van der Waals surface area contributed by atoms with Crippen LogP contribution in [0.25, 0.3) is 22.2 Å². The molecule has 29 heavy (non-hydrogen) atoms. The Labute approximate surface area is 166 Å². The Hall–Kier alpha value is -4.00. The fraction of sp³-hybridized carbons (Fsp3) is 0.0909. The number of aromatic amines is 1. The van der Waals surface area contributed by atoms with Crippen molar-refractivity contribution in [2.45, 2.75) is 6.54 Å². The zero-order valence-electron chi connectivity index (χ0n) is 15.7. The highest BCUT2D eigenvalue weighted by atomic mass is 16.5. The minimum atomic E-state index is -0.336. The first kappa shape index (κ1) is 18.4. The molecule has 0 aliphatic heterocycles. The van der Waals surface area contributed by atoms with E-state index in [4.69, 9.17) is 4.74 Å². The van der Waals surface area contributed by atoms with Crippen LogP contribution < -0.4 is 15.6 Å². The van der Waals surface area contributed by atoms with Gasteiger partial charge in [-0.3, -0.25) is 9.59 Å². The zero-order chi connectivity index (χ0) is 20.2. The number of para-hydroxylation sites is 1. The molecule has 7 nitrogen and oxygen atoms in total. The number of hydrogen-bond acceptors (Lipinski definition) is 5. The average Bonchev–Trinajstić information content (AvgIpc) is 2.77. The van der Waals surface area contributed by atoms with Gasteiger partial charge in [0.15, 0.2) is 0 Å². The Morgan fingerprint density at radius 1 is 1.07 bits per heavy atom. The van der Waals surface area contributed by atoms with Crippen molar-refractivity contribution in [3.05, 3.63) is 88.6 Å². The number of fused-ring (bicyclic) bond motifs is 1. The largest absolute Gasteiger partial charge is 0.497 e. The molecule has 0 spiro atoms. The van der Waals surface area contributed by atoms with Crippen LogP contribution in [0.2, 0.25) is 0 Å². The molecule has 0 bridgehead atoms. The molecule has 0 aliphatic rings. The van der Waals surface area contributed by atoms with Crippen molar-refractivity contribution >= 4 is 16.8 Å². The van der Waals surface area contributed by atoms with E-state index in [9.17, 15) is 9.59 Å². The number of carbonyl (C=O) groups is 1. The summed E-state index contributed by atoms with van der Waals surface area (Å²) in [6.45, 7) is 0.214. The summed E-state index contributed by atoms with van der Waals surface area (Å²) in [5.74, 6) is 0.428. The van der Waals surface area contributed by atoms with Gasteiger partial charge in [0.25, 0.3) is 5.91 Å². The number of carbonyl (C=O) groups excluding carboxylic acids is 1. The molecule has 0 fully saturated rings. The lowest BCUT2D eigenvalue weighted by atomic mass is 10.1. The van der Waals surface area contributed by atoms with Crippen molar-refractivity contribution in [1.82, 2.24) is 20.3 Å². The minimum Gasteiger partial charge on any atom is -0.497 e. The summed E-state index contributed by atoms with van der Waals surface area (Å²) in [5.41, 5.74) is 2.95. The predicted molar refractivity (Wildman–Crippen MR) is 110 cm³/mol. The highest BCUT2D eigenvalue weighted by molar-refractivity contribution is 6.05. The lowest BCUT2D eigenvalue weighted by Gasteiger charge is -2.08.